The van der Waals surface area contributed by atoms with Crippen molar-refractivity contribution in [2.75, 3.05) is 6.54 Å². The van der Waals surface area contributed by atoms with Gasteiger partial charge in [0.1, 0.15) is 0 Å². The summed E-state index contributed by atoms with van der Waals surface area (Å²) in [4.78, 5) is 24.5. The normalized spacial score (nSPS) is 13.9. The average molecular weight is 460 g/mol. The standard InChI is InChI=1S/C27H33N5O2/c33-25(16-17-28-27(34)30-24-14-8-3-9-15-24)29-18-23-20-32(19-21-10-4-1-5-11-21)31-26(23)22-12-6-2-7-13-22/h1-2,4-7,10-13,20,24H,3,8-9,14-19H2,(H,29,33)(H2,28,30,34). The van der Waals surface area contributed by atoms with Gasteiger partial charge in [0.25, 0.3) is 0 Å². The number of hydrogen-bond acceptors (Lipinski definition) is 3. The Bertz CT molecular complexity index is 1060. The minimum atomic E-state index is -0.187. The number of rotatable bonds is 9. The summed E-state index contributed by atoms with van der Waals surface area (Å²) >= 11 is 0. The number of benzene rings is 2. The van der Waals surface area contributed by atoms with E-state index in [0.29, 0.717) is 19.6 Å². The second kappa shape index (κ2) is 12.0. The third-order valence-corrected chi connectivity index (χ3v) is 6.13. The quantitative estimate of drug-likeness (QED) is 0.447. The molecule has 1 fully saturated rings. The maximum absolute atomic E-state index is 12.4. The first-order valence-corrected chi connectivity index (χ1v) is 12.1. The molecule has 0 bridgehead atoms. The van der Waals surface area contributed by atoms with Crippen LogP contribution >= 0.6 is 0 Å². The van der Waals surface area contributed by atoms with E-state index in [4.69, 9.17) is 5.10 Å². The zero-order valence-electron chi connectivity index (χ0n) is 19.5. The molecule has 1 aromatic heterocycles. The molecule has 2 aromatic carbocycles. The van der Waals surface area contributed by atoms with Gasteiger partial charge in [-0.15, -0.1) is 0 Å². The van der Waals surface area contributed by atoms with Gasteiger partial charge in [-0.3, -0.25) is 9.48 Å². The zero-order chi connectivity index (χ0) is 23.6. The second-order valence-corrected chi connectivity index (χ2v) is 8.81. The summed E-state index contributed by atoms with van der Waals surface area (Å²) in [6.45, 7) is 1.35. The molecule has 34 heavy (non-hydrogen) atoms. The largest absolute Gasteiger partial charge is 0.352 e. The summed E-state index contributed by atoms with van der Waals surface area (Å²) in [5.74, 6) is -0.104. The van der Waals surface area contributed by atoms with Crippen molar-refractivity contribution in [3.63, 3.8) is 0 Å². The summed E-state index contributed by atoms with van der Waals surface area (Å²) in [5.41, 5.74) is 4.00. The highest BCUT2D eigenvalue weighted by Gasteiger charge is 2.16. The number of amides is 3. The van der Waals surface area contributed by atoms with Crippen LogP contribution in [-0.4, -0.2) is 34.3 Å². The van der Waals surface area contributed by atoms with Gasteiger partial charge in [0.2, 0.25) is 5.91 Å². The lowest BCUT2D eigenvalue weighted by Gasteiger charge is -2.22. The Balaban J connectivity index is 1.30. The van der Waals surface area contributed by atoms with Gasteiger partial charge in [0.05, 0.1) is 12.2 Å². The van der Waals surface area contributed by atoms with E-state index in [9.17, 15) is 9.59 Å². The van der Waals surface area contributed by atoms with Crippen LogP contribution in [0.5, 0.6) is 0 Å². The Morgan fingerprint density at radius 3 is 2.35 bits per heavy atom. The smallest absolute Gasteiger partial charge is 0.315 e. The van der Waals surface area contributed by atoms with E-state index in [2.05, 4.69) is 28.1 Å². The number of aromatic nitrogens is 2. The molecule has 3 N–H and O–H groups in total. The van der Waals surface area contributed by atoms with Crippen molar-refractivity contribution in [2.24, 2.45) is 0 Å². The summed E-state index contributed by atoms with van der Waals surface area (Å²) < 4.78 is 1.91. The number of nitrogens with zero attached hydrogens (tertiary/aromatic N) is 2. The van der Waals surface area contributed by atoms with Crippen LogP contribution in [0.3, 0.4) is 0 Å². The first kappa shape index (κ1) is 23.5. The highest BCUT2D eigenvalue weighted by molar-refractivity contribution is 5.78. The molecule has 1 aliphatic carbocycles. The summed E-state index contributed by atoms with van der Waals surface area (Å²) in [6.07, 6.45) is 7.88. The lowest BCUT2D eigenvalue weighted by Crippen LogP contribution is -2.43. The molecular formula is C27H33N5O2. The molecule has 0 aliphatic heterocycles. The fourth-order valence-corrected chi connectivity index (χ4v) is 4.34. The highest BCUT2D eigenvalue weighted by Crippen LogP contribution is 2.22. The molecule has 3 amide bonds. The van der Waals surface area contributed by atoms with Gasteiger partial charge >= 0.3 is 6.03 Å². The number of nitrogens with one attached hydrogen (secondary N) is 3. The van der Waals surface area contributed by atoms with Crippen LogP contribution in [0.2, 0.25) is 0 Å². The summed E-state index contributed by atoms with van der Waals surface area (Å²) in [6, 6.07) is 20.2. The topological polar surface area (TPSA) is 88.0 Å². The predicted octanol–water partition coefficient (Wildman–Crippen LogP) is 4.24. The molecule has 7 nitrogen and oxygen atoms in total. The van der Waals surface area contributed by atoms with E-state index in [1.807, 2.05) is 59.4 Å². The molecule has 7 heteroatoms. The van der Waals surface area contributed by atoms with Gasteiger partial charge in [-0.05, 0) is 18.4 Å². The summed E-state index contributed by atoms with van der Waals surface area (Å²) in [7, 11) is 0. The Morgan fingerprint density at radius 2 is 1.62 bits per heavy atom. The first-order valence-electron chi connectivity index (χ1n) is 12.1. The Hall–Kier alpha value is -3.61. The Labute approximate surface area is 200 Å². The van der Waals surface area contributed by atoms with E-state index in [-0.39, 0.29) is 24.4 Å². The SMILES string of the molecule is O=C(CCNC(=O)NC1CCCCC1)NCc1cn(Cc2ccccc2)nc1-c1ccccc1. The van der Waals surface area contributed by atoms with Crippen LogP contribution in [0.1, 0.15) is 49.7 Å². The van der Waals surface area contributed by atoms with Crippen molar-refractivity contribution in [1.82, 2.24) is 25.7 Å². The lowest BCUT2D eigenvalue weighted by molar-refractivity contribution is -0.121. The van der Waals surface area contributed by atoms with E-state index in [1.54, 1.807) is 0 Å². The average Bonchev–Trinajstić information content (AvgIpc) is 3.27. The van der Waals surface area contributed by atoms with Gasteiger partial charge in [-0.2, -0.15) is 5.10 Å². The van der Waals surface area contributed by atoms with E-state index in [0.717, 1.165) is 35.2 Å². The third-order valence-electron chi connectivity index (χ3n) is 6.13. The van der Waals surface area contributed by atoms with Crippen LogP contribution in [0.4, 0.5) is 4.79 Å². The van der Waals surface area contributed by atoms with E-state index in [1.165, 1.54) is 19.3 Å². The molecule has 178 valence electrons. The van der Waals surface area contributed by atoms with Crippen molar-refractivity contribution in [3.8, 4) is 11.3 Å². The molecule has 3 aromatic rings. The minimum Gasteiger partial charge on any atom is -0.352 e. The molecule has 0 radical (unpaired) electrons. The van der Waals surface area contributed by atoms with Gasteiger partial charge in [0, 0.05) is 42.9 Å². The number of hydrogen-bond donors (Lipinski definition) is 3. The van der Waals surface area contributed by atoms with E-state index < -0.39 is 0 Å². The molecule has 0 saturated heterocycles. The minimum absolute atomic E-state index is 0.104. The Morgan fingerprint density at radius 1 is 0.912 bits per heavy atom. The van der Waals surface area contributed by atoms with Gasteiger partial charge in [0.15, 0.2) is 0 Å². The fraction of sp³-hybridized carbons (Fsp3) is 0.370. The highest BCUT2D eigenvalue weighted by atomic mass is 16.2. The third kappa shape index (κ3) is 6.94. The van der Waals surface area contributed by atoms with Crippen LogP contribution in [0.15, 0.2) is 66.9 Å². The van der Waals surface area contributed by atoms with Crippen molar-refractivity contribution >= 4 is 11.9 Å². The van der Waals surface area contributed by atoms with Crippen molar-refractivity contribution < 1.29 is 9.59 Å². The molecule has 0 spiro atoms. The lowest BCUT2D eigenvalue weighted by atomic mass is 9.96. The Kier molecular flexibility index (Phi) is 8.32. The van der Waals surface area contributed by atoms with Crippen molar-refractivity contribution in [1.29, 1.82) is 0 Å². The molecule has 1 heterocycles. The number of urea groups is 1. The van der Waals surface area contributed by atoms with Gasteiger partial charge in [-0.25, -0.2) is 4.79 Å². The predicted molar refractivity (Wildman–Crippen MR) is 133 cm³/mol. The van der Waals surface area contributed by atoms with Crippen LogP contribution in [-0.2, 0) is 17.9 Å². The molecule has 4 rings (SSSR count). The van der Waals surface area contributed by atoms with E-state index >= 15 is 0 Å². The molecule has 1 saturated carbocycles. The molecule has 0 unspecified atom stereocenters. The van der Waals surface area contributed by atoms with Gasteiger partial charge < -0.3 is 16.0 Å². The van der Waals surface area contributed by atoms with Crippen LogP contribution in [0, 0.1) is 0 Å². The van der Waals surface area contributed by atoms with Crippen LogP contribution < -0.4 is 16.0 Å². The van der Waals surface area contributed by atoms with Crippen LogP contribution in [0.25, 0.3) is 11.3 Å². The van der Waals surface area contributed by atoms with Gasteiger partial charge in [-0.1, -0.05) is 79.9 Å². The molecular weight excluding hydrogens is 426 g/mol. The first-order chi connectivity index (χ1) is 16.7. The number of carbonyl (C=O) groups is 2. The monoisotopic (exact) mass is 459 g/mol. The van der Waals surface area contributed by atoms with Crippen molar-refractivity contribution in [3.05, 3.63) is 78.0 Å². The zero-order valence-corrected chi connectivity index (χ0v) is 19.5. The maximum atomic E-state index is 12.4. The number of carbonyl (C=O) groups excluding carboxylic acids is 2. The fourth-order valence-electron chi connectivity index (χ4n) is 4.34. The molecule has 0 atom stereocenters. The summed E-state index contributed by atoms with van der Waals surface area (Å²) in [5, 5.41) is 13.6. The molecule has 1 aliphatic rings. The second-order valence-electron chi connectivity index (χ2n) is 8.81. The van der Waals surface area contributed by atoms with Crippen molar-refractivity contribution in [2.45, 2.75) is 57.7 Å². The maximum Gasteiger partial charge on any atom is 0.315 e.